The lowest BCUT2D eigenvalue weighted by Gasteiger charge is -2.28. The number of pyridine rings is 2. The van der Waals surface area contributed by atoms with E-state index >= 15 is 0 Å². The average Bonchev–Trinajstić information content (AvgIpc) is 3.40. The number of nitrogen functional groups attached to an aromatic ring is 1. The topological polar surface area (TPSA) is 97.3 Å². The molecule has 0 atom stereocenters. The Morgan fingerprint density at radius 3 is 2.77 bits per heavy atom. The number of nitrogens with zero attached hydrogens (tertiary/aromatic N) is 3. The quantitative estimate of drug-likeness (QED) is 0.800. The lowest BCUT2D eigenvalue weighted by Crippen LogP contribution is -2.36. The van der Waals surface area contributed by atoms with Crippen LogP contribution in [0.4, 0.5) is 11.5 Å². The number of hydrogen-bond donors (Lipinski definition) is 2. The third-order valence-corrected chi connectivity index (χ3v) is 4.85. The molecule has 1 saturated carbocycles. The third-order valence-electron chi connectivity index (χ3n) is 4.85. The molecule has 4 rings (SSSR count). The van der Waals surface area contributed by atoms with Crippen molar-refractivity contribution in [3.63, 3.8) is 0 Å². The van der Waals surface area contributed by atoms with Gasteiger partial charge < -0.3 is 20.1 Å². The number of anilines is 2. The minimum atomic E-state index is -0.122. The van der Waals surface area contributed by atoms with Crippen LogP contribution in [0.3, 0.4) is 0 Å². The number of hydrogen-bond acceptors (Lipinski definition) is 7. The van der Waals surface area contributed by atoms with Gasteiger partial charge in [-0.05, 0) is 31.9 Å². The maximum atomic E-state index is 8.63. The molecule has 7 nitrogen and oxygen atoms in total. The zero-order valence-electron chi connectivity index (χ0n) is 14.9. The second kappa shape index (κ2) is 6.57. The Bertz CT molecular complexity index is 828. The summed E-state index contributed by atoms with van der Waals surface area (Å²) in [5.74, 6) is 1.37. The van der Waals surface area contributed by atoms with E-state index in [1.165, 1.54) is 0 Å². The Kier molecular flexibility index (Phi) is 4.24. The molecule has 3 N–H and O–H groups in total. The summed E-state index contributed by atoms with van der Waals surface area (Å²) in [5, 5.41) is 8.63. The molecule has 3 heterocycles. The molecular weight excluding hydrogens is 330 g/mol. The highest BCUT2D eigenvalue weighted by atomic mass is 16.5. The fraction of sp³-hybridized carbons (Fsp3) is 0.421. The summed E-state index contributed by atoms with van der Waals surface area (Å²) in [4.78, 5) is 10.9. The van der Waals surface area contributed by atoms with E-state index in [2.05, 4.69) is 21.8 Å². The molecule has 0 spiro atoms. The maximum absolute atomic E-state index is 8.63. The molecule has 1 aliphatic heterocycles. The van der Waals surface area contributed by atoms with Gasteiger partial charge >= 0.3 is 0 Å². The monoisotopic (exact) mass is 353 g/mol. The van der Waals surface area contributed by atoms with Gasteiger partial charge in [0.15, 0.2) is 0 Å². The number of rotatable bonds is 5. The Morgan fingerprint density at radius 2 is 2.04 bits per heavy atom. The molecule has 1 saturated heterocycles. The van der Waals surface area contributed by atoms with Crippen LogP contribution in [0.1, 0.15) is 30.9 Å². The summed E-state index contributed by atoms with van der Waals surface area (Å²) in [7, 11) is 0. The number of morpholine rings is 1. The van der Waals surface area contributed by atoms with Gasteiger partial charge in [-0.25, -0.2) is 9.97 Å². The first kappa shape index (κ1) is 16.8. The van der Waals surface area contributed by atoms with Crippen LogP contribution in [0.15, 0.2) is 30.6 Å². The van der Waals surface area contributed by atoms with Gasteiger partial charge in [-0.1, -0.05) is 0 Å². The third kappa shape index (κ3) is 3.48. The van der Waals surface area contributed by atoms with Crippen molar-refractivity contribution in [3.8, 4) is 5.88 Å². The Morgan fingerprint density at radius 1 is 1.27 bits per heavy atom. The maximum Gasteiger partial charge on any atom is 0.214 e. The van der Waals surface area contributed by atoms with E-state index < -0.39 is 0 Å². The zero-order chi connectivity index (χ0) is 18.1. The second-order valence-electron chi connectivity index (χ2n) is 7.04. The lowest BCUT2D eigenvalue weighted by atomic mass is 10.0. The van der Waals surface area contributed by atoms with Crippen molar-refractivity contribution in [3.05, 3.63) is 41.7 Å². The first-order chi connectivity index (χ1) is 12.5. The lowest BCUT2D eigenvalue weighted by molar-refractivity contribution is 0.122. The molecule has 0 amide bonds. The van der Waals surface area contributed by atoms with Gasteiger partial charge in [-0.2, -0.15) is 0 Å². The standard InChI is InChI=1S/C19H23N5O2/c1-19(3-4-19)26-17-11-14(15(20)12-23-17)18(21)13-2-5-22-16(10-13)24-6-8-25-9-7-24/h2,5,10-12,21H,3-4,6-9,20H2,1H3. The Balaban J connectivity index is 1.59. The van der Waals surface area contributed by atoms with E-state index in [4.69, 9.17) is 20.6 Å². The van der Waals surface area contributed by atoms with Crippen molar-refractivity contribution >= 4 is 17.2 Å². The van der Waals surface area contributed by atoms with E-state index in [0.29, 0.717) is 36.1 Å². The minimum Gasteiger partial charge on any atom is -0.471 e. The van der Waals surface area contributed by atoms with Gasteiger partial charge in [-0.15, -0.1) is 0 Å². The van der Waals surface area contributed by atoms with Gasteiger partial charge in [0.25, 0.3) is 0 Å². The zero-order valence-corrected chi connectivity index (χ0v) is 14.9. The summed E-state index contributed by atoms with van der Waals surface area (Å²) in [6.07, 6.45) is 5.35. The summed E-state index contributed by atoms with van der Waals surface area (Å²) >= 11 is 0. The van der Waals surface area contributed by atoms with Crippen LogP contribution in [0.2, 0.25) is 0 Å². The van der Waals surface area contributed by atoms with Crippen LogP contribution in [0.25, 0.3) is 0 Å². The molecule has 1 aliphatic carbocycles. The first-order valence-corrected chi connectivity index (χ1v) is 8.87. The van der Waals surface area contributed by atoms with Crippen LogP contribution in [-0.2, 0) is 4.74 Å². The molecule has 0 bridgehead atoms. The molecule has 0 unspecified atom stereocenters. The predicted octanol–water partition coefficient (Wildman–Crippen LogP) is 2.24. The molecule has 7 heteroatoms. The smallest absolute Gasteiger partial charge is 0.214 e. The SMILES string of the molecule is CC1(Oc2cc(C(=N)c3ccnc(N4CCOCC4)c3)c(N)cn2)CC1. The van der Waals surface area contributed by atoms with E-state index in [-0.39, 0.29) is 5.60 Å². The van der Waals surface area contributed by atoms with Crippen molar-refractivity contribution in [2.45, 2.75) is 25.4 Å². The van der Waals surface area contributed by atoms with Crippen LogP contribution < -0.4 is 15.4 Å². The molecular formula is C19H23N5O2. The normalized spacial score (nSPS) is 18.4. The molecule has 2 aromatic heterocycles. The molecule has 26 heavy (non-hydrogen) atoms. The van der Waals surface area contributed by atoms with E-state index in [1.54, 1.807) is 18.5 Å². The van der Waals surface area contributed by atoms with Gasteiger partial charge in [0.2, 0.25) is 5.88 Å². The average molecular weight is 353 g/mol. The van der Waals surface area contributed by atoms with Crippen molar-refractivity contribution < 1.29 is 9.47 Å². The minimum absolute atomic E-state index is 0.122. The van der Waals surface area contributed by atoms with Crippen molar-refractivity contribution in [1.29, 1.82) is 5.41 Å². The largest absolute Gasteiger partial charge is 0.471 e. The highest BCUT2D eigenvalue weighted by molar-refractivity contribution is 6.14. The van der Waals surface area contributed by atoms with Crippen molar-refractivity contribution in [2.75, 3.05) is 36.9 Å². The van der Waals surface area contributed by atoms with Gasteiger partial charge in [0.1, 0.15) is 11.4 Å². The Hall–Kier alpha value is -2.67. The van der Waals surface area contributed by atoms with Crippen LogP contribution in [0.5, 0.6) is 5.88 Å². The van der Waals surface area contributed by atoms with Crippen LogP contribution >= 0.6 is 0 Å². The van der Waals surface area contributed by atoms with E-state index in [0.717, 1.165) is 37.3 Å². The molecule has 0 aromatic carbocycles. The van der Waals surface area contributed by atoms with Crippen LogP contribution in [0, 0.1) is 5.41 Å². The van der Waals surface area contributed by atoms with Crippen molar-refractivity contribution in [2.24, 2.45) is 0 Å². The summed E-state index contributed by atoms with van der Waals surface area (Å²) in [6, 6.07) is 5.52. The van der Waals surface area contributed by atoms with Crippen molar-refractivity contribution in [1.82, 2.24) is 9.97 Å². The van der Waals surface area contributed by atoms with Gasteiger partial charge in [0, 0.05) is 36.5 Å². The first-order valence-electron chi connectivity index (χ1n) is 8.87. The summed E-state index contributed by atoms with van der Waals surface area (Å²) in [5.41, 5.74) is 8.16. The van der Waals surface area contributed by atoms with Gasteiger partial charge in [-0.3, -0.25) is 5.41 Å². The molecule has 2 aromatic rings. The number of nitrogens with one attached hydrogen (secondary N) is 1. The highest BCUT2D eigenvalue weighted by Gasteiger charge is 2.40. The van der Waals surface area contributed by atoms with Gasteiger partial charge in [0.05, 0.1) is 30.8 Å². The fourth-order valence-electron chi connectivity index (χ4n) is 2.94. The van der Waals surface area contributed by atoms with Crippen LogP contribution in [-0.4, -0.2) is 47.6 Å². The molecule has 2 fully saturated rings. The van der Waals surface area contributed by atoms with E-state index in [1.807, 2.05) is 12.1 Å². The van der Waals surface area contributed by atoms with E-state index in [9.17, 15) is 0 Å². The number of aromatic nitrogens is 2. The molecule has 2 aliphatic rings. The second-order valence-corrected chi connectivity index (χ2v) is 7.04. The highest BCUT2D eigenvalue weighted by Crippen LogP contribution is 2.39. The predicted molar refractivity (Wildman–Crippen MR) is 100 cm³/mol. The number of ether oxygens (including phenoxy) is 2. The summed E-state index contributed by atoms with van der Waals surface area (Å²) < 4.78 is 11.3. The number of nitrogens with two attached hydrogens (primary N) is 1. The molecule has 0 radical (unpaired) electrons. The Labute approximate surface area is 152 Å². The molecule has 136 valence electrons. The fourth-order valence-corrected chi connectivity index (χ4v) is 2.94. The summed E-state index contributed by atoms with van der Waals surface area (Å²) in [6.45, 7) is 5.06.